The minimum atomic E-state index is 0.0376. The molecule has 0 bridgehead atoms. The van der Waals surface area contributed by atoms with Crippen LogP contribution in [0.2, 0.25) is 0 Å². The molecule has 6 heteroatoms. The highest BCUT2D eigenvalue weighted by Crippen LogP contribution is 2.36. The molecule has 5 rings (SSSR count). The van der Waals surface area contributed by atoms with E-state index in [2.05, 4.69) is 58.3 Å². The summed E-state index contributed by atoms with van der Waals surface area (Å²) in [6, 6.07) is 16.4. The highest BCUT2D eigenvalue weighted by molar-refractivity contribution is 6.06. The predicted octanol–water partition coefficient (Wildman–Crippen LogP) is 3.53. The second-order valence-corrected chi connectivity index (χ2v) is 8.88. The van der Waals surface area contributed by atoms with Crippen LogP contribution in [0.1, 0.15) is 18.1 Å². The van der Waals surface area contributed by atoms with Gasteiger partial charge < -0.3 is 14.3 Å². The number of ether oxygens (including phenoxy) is 2. The van der Waals surface area contributed by atoms with E-state index < -0.39 is 0 Å². The maximum atomic E-state index is 6.02. The molecule has 0 spiro atoms. The first-order valence-electron chi connectivity index (χ1n) is 11.4. The minimum absolute atomic E-state index is 0.0376. The summed E-state index contributed by atoms with van der Waals surface area (Å²) in [6.45, 7) is 8.98. The summed E-state index contributed by atoms with van der Waals surface area (Å²) in [5, 5.41) is 4.45. The van der Waals surface area contributed by atoms with Crippen molar-refractivity contribution >= 4 is 11.8 Å². The van der Waals surface area contributed by atoms with Crippen LogP contribution < -0.4 is 9.47 Å². The number of hydrogen-bond donors (Lipinski definition) is 0. The van der Waals surface area contributed by atoms with Crippen molar-refractivity contribution in [1.29, 1.82) is 0 Å². The fourth-order valence-corrected chi connectivity index (χ4v) is 4.80. The smallest absolute Gasteiger partial charge is 0.151 e. The van der Waals surface area contributed by atoms with E-state index >= 15 is 0 Å². The molecule has 2 aromatic carbocycles. The first-order valence-corrected chi connectivity index (χ1v) is 11.4. The summed E-state index contributed by atoms with van der Waals surface area (Å²) in [4.78, 5) is 10.9. The Hall–Kier alpha value is -2.83. The summed E-state index contributed by atoms with van der Waals surface area (Å²) in [7, 11) is 1.68. The van der Waals surface area contributed by atoms with Gasteiger partial charge in [0.05, 0.1) is 13.0 Å². The number of hydrogen-bond acceptors (Lipinski definition) is 6. The molecule has 3 heterocycles. The molecule has 0 aliphatic carbocycles. The van der Waals surface area contributed by atoms with Crippen LogP contribution in [0.3, 0.4) is 0 Å². The average molecular weight is 434 g/mol. The average Bonchev–Trinajstić information content (AvgIpc) is 3.23. The molecule has 0 unspecified atom stereocenters. The molecule has 0 amide bonds. The largest absolute Gasteiger partial charge is 0.497 e. The van der Waals surface area contributed by atoms with Gasteiger partial charge in [-0.1, -0.05) is 47.1 Å². The van der Waals surface area contributed by atoms with E-state index in [4.69, 9.17) is 14.3 Å². The third kappa shape index (κ3) is 4.52. The Bertz CT molecular complexity index is 997. The lowest BCUT2D eigenvalue weighted by molar-refractivity contribution is 0.0101. The van der Waals surface area contributed by atoms with E-state index in [-0.39, 0.29) is 12.0 Å². The van der Waals surface area contributed by atoms with Crippen LogP contribution in [0.25, 0.3) is 6.08 Å². The van der Waals surface area contributed by atoms with Gasteiger partial charge in [-0.05, 0) is 30.7 Å². The first-order chi connectivity index (χ1) is 15.7. The third-order valence-corrected chi connectivity index (χ3v) is 6.56. The van der Waals surface area contributed by atoms with Crippen LogP contribution in [0.5, 0.6) is 11.5 Å². The van der Waals surface area contributed by atoms with Crippen LogP contribution >= 0.6 is 0 Å². The standard InChI is InChI=1S/C26H31N3O3/c1-19(14-20-6-4-3-5-7-20)16-28-10-12-29(13-11-28)17-25-23-18-31-24-9-8-21(30-2)15-22(24)26(23)27-32-25/h3-9,14-15,23,25H,10-13,16-18H2,1-2H3/b19-14+/t23-,25-/m0/s1. The van der Waals surface area contributed by atoms with E-state index in [1.54, 1.807) is 7.11 Å². The van der Waals surface area contributed by atoms with Crippen molar-refractivity contribution in [2.75, 3.05) is 53.0 Å². The van der Waals surface area contributed by atoms with Crippen molar-refractivity contribution in [3.63, 3.8) is 0 Å². The molecule has 168 valence electrons. The van der Waals surface area contributed by atoms with Gasteiger partial charge in [-0.25, -0.2) is 0 Å². The van der Waals surface area contributed by atoms with Crippen LogP contribution in [0.4, 0.5) is 0 Å². The second-order valence-electron chi connectivity index (χ2n) is 8.88. The van der Waals surface area contributed by atoms with E-state index in [9.17, 15) is 0 Å². The molecule has 0 radical (unpaired) electrons. The van der Waals surface area contributed by atoms with Gasteiger partial charge in [-0.3, -0.25) is 9.80 Å². The molecule has 6 nitrogen and oxygen atoms in total. The zero-order chi connectivity index (χ0) is 21.9. The van der Waals surface area contributed by atoms with Gasteiger partial charge in [0.1, 0.15) is 23.8 Å². The van der Waals surface area contributed by atoms with Crippen molar-refractivity contribution in [3.05, 3.63) is 65.2 Å². The highest BCUT2D eigenvalue weighted by Gasteiger charge is 2.41. The fourth-order valence-electron chi connectivity index (χ4n) is 4.80. The van der Waals surface area contributed by atoms with Crippen molar-refractivity contribution in [3.8, 4) is 11.5 Å². The lowest BCUT2D eigenvalue weighted by Crippen LogP contribution is -2.50. The topological polar surface area (TPSA) is 46.5 Å². The number of benzene rings is 2. The lowest BCUT2D eigenvalue weighted by atomic mass is 9.90. The van der Waals surface area contributed by atoms with Crippen LogP contribution in [-0.2, 0) is 4.84 Å². The van der Waals surface area contributed by atoms with E-state index in [1.165, 1.54) is 11.1 Å². The first kappa shape index (κ1) is 21.0. The zero-order valence-corrected chi connectivity index (χ0v) is 18.9. The summed E-state index contributed by atoms with van der Waals surface area (Å²) in [5.41, 5.74) is 4.66. The van der Waals surface area contributed by atoms with Crippen LogP contribution in [0.15, 0.2) is 59.3 Å². The van der Waals surface area contributed by atoms with Crippen LogP contribution in [-0.4, -0.2) is 74.6 Å². The zero-order valence-electron chi connectivity index (χ0n) is 18.9. The molecule has 1 fully saturated rings. The minimum Gasteiger partial charge on any atom is -0.497 e. The van der Waals surface area contributed by atoms with Gasteiger partial charge in [0.2, 0.25) is 0 Å². The summed E-state index contributed by atoms with van der Waals surface area (Å²) in [5.74, 6) is 1.84. The van der Waals surface area contributed by atoms with Crippen molar-refractivity contribution in [1.82, 2.24) is 9.80 Å². The molecule has 32 heavy (non-hydrogen) atoms. The Balaban J connectivity index is 1.14. The molecule has 0 aromatic heterocycles. The summed E-state index contributed by atoms with van der Waals surface area (Å²) < 4.78 is 11.4. The summed E-state index contributed by atoms with van der Waals surface area (Å²) >= 11 is 0. The molecule has 2 aromatic rings. The van der Waals surface area contributed by atoms with Gasteiger partial charge in [-0.2, -0.15) is 0 Å². The Labute approximate surface area is 190 Å². The normalized spacial score (nSPS) is 23.6. The Kier molecular flexibility index (Phi) is 6.14. The molecule has 2 atom stereocenters. The predicted molar refractivity (Wildman–Crippen MR) is 126 cm³/mol. The lowest BCUT2D eigenvalue weighted by Gasteiger charge is -2.36. The van der Waals surface area contributed by atoms with E-state index in [0.29, 0.717) is 6.61 Å². The SMILES string of the molecule is COc1ccc2c(c1)C1=NO[C@@H](CN3CCN(C/C(C)=C/c4ccccc4)CC3)[C@@H]1CO2. The Morgan fingerprint density at radius 3 is 2.66 bits per heavy atom. The van der Waals surface area contributed by atoms with Gasteiger partial charge in [0, 0.05) is 44.8 Å². The molecule has 0 N–H and O–H groups in total. The van der Waals surface area contributed by atoms with Crippen molar-refractivity contribution < 1.29 is 14.3 Å². The number of rotatable bonds is 6. The number of piperazine rings is 1. The third-order valence-electron chi connectivity index (χ3n) is 6.56. The second kappa shape index (κ2) is 9.35. The van der Waals surface area contributed by atoms with Crippen LogP contribution in [0, 0.1) is 5.92 Å². The molecular weight excluding hydrogens is 402 g/mol. The van der Waals surface area contributed by atoms with Gasteiger partial charge >= 0.3 is 0 Å². The molecule has 3 aliphatic heterocycles. The van der Waals surface area contributed by atoms with Gasteiger partial charge in [-0.15, -0.1) is 0 Å². The Morgan fingerprint density at radius 2 is 1.88 bits per heavy atom. The Morgan fingerprint density at radius 1 is 1.09 bits per heavy atom. The molecule has 0 saturated carbocycles. The van der Waals surface area contributed by atoms with Crippen molar-refractivity contribution in [2.45, 2.75) is 13.0 Å². The number of nitrogens with zero attached hydrogens (tertiary/aromatic N) is 3. The fraction of sp³-hybridized carbons (Fsp3) is 0.423. The van der Waals surface area contributed by atoms with Gasteiger partial charge in [0.15, 0.2) is 6.10 Å². The number of fused-ring (bicyclic) bond motifs is 3. The maximum Gasteiger partial charge on any atom is 0.151 e. The number of oxime groups is 1. The highest BCUT2D eigenvalue weighted by atomic mass is 16.6. The quantitative estimate of drug-likeness (QED) is 0.698. The van der Waals surface area contributed by atoms with E-state index in [0.717, 1.165) is 62.0 Å². The molecule has 3 aliphatic rings. The molecule has 1 saturated heterocycles. The monoisotopic (exact) mass is 433 g/mol. The molecular formula is C26H31N3O3. The summed E-state index contributed by atoms with van der Waals surface area (Å²) in [6.07, 6.45) is 2.32. The van der Waals surface area contributed by atoms with Crippen molar-refractivity contribution in [2.24, 2.45) is 11.1 Å². The van der Waals surface area contributed by atoms with Gasteiger partial charge in [0.25, 0.3) is 0 Å². The van der Waals surface area contributed by atoms with E-state index in [1.807, 2.05) is 18.2 Å². The number of methoxy groups -OCH3 is 1. The maximum absolute atomic E-state index is 6.02.